The second kappa shape index (κ2) is 8.17. The summed E-state index contributed by atoms with van der Waals surface area (Å²) in [6.07, 6.45) is 6.89. The number of likely N-dealkylation sites (tertiary alicyclic amines) is 1. The first-order chi connectivity index (χ1) is 13.7. The van der Waals surface area contributed by atoms with Gasteiger partial charge >= 0.3 is 0 Å². The van der Waals surface area contributed by atoms with Crippen molar-refractivity contribution >= 4 is 17.8 Å². The Morgan fingerprint density at radius 3 is 2.32 bits per heavy atom. The molecule has 0 aromatic heterocycles. The van der Waals surface area contributed by atoms with E-state index < -0.39 is 0 Å². The lowest BCUT2D eigenvalue weighted by Gasteiger charge is -2.18. The molecule has 2 N–H and O–H groups in total. The van der Waals surface area contributed by atoms with Crippen molar-refractivity contribution in [1.82, 2.24) is 15.5 Å². The highest BCUT2D eigenvalue weighted by atomic mass is 16.2. The maximum absolute atomic E-state index is 12.7. The summed E-state index contributed by atoms with van der Waals surface area (Å²) >= 11 is 0. The molecule has 1 aliphatic heterocycles. The van der Waals surface area contributed by atoms with Gasteiger partial charge in [0.25, 0.3) is 0 Å². The molecule has 28 heavy (non-hydrogen) atoms. The zero-order chi connectivity index (χ0) is 19.5. The van der Waals surface area contributed by atoms with Crippen LogP contribution >= 0.6 is 0 Å². The van der Waals surface area contributed by atoms with Crippen LogP contribution < -0.4 is 10.6 Å². The molecule has 0 radical (unpaired) electrons. The number of nitrogens with one attached hydrogen (secondary N) is 2. The minimum atomic E-state index is -0.0946. The Balaban J connectivity index is 1.18. The van der Waals surface area contributed by atoms with Crippen LogP contribution in [0.15, 0.2) is 47.5 Å². The first-order valence-electron chi connectivity index (χ1n) is 10.2. The van der Waals surface area contributed by atoms with E-state index in [4.69, 9.17) is 0 Å². The summed E-state index contributed by atoms with van der Waals surface area (Å²) in [7, 11) is 1.75. The van der Waals surface area contributed by atoms with Gasteiger partial charge in [-0.25, -0.2) is 0 Å². The molecule has 2 bridgehead atoms. The molecule has 6 heteroatoms. The maximum atomic E-state index is 12.7. The normalized spacial score (nSPS) is 28.2. The number of amides is 2. The highest BCUT2D eigenvalue weighted by Gasteiger charge is 2.58. The first-order valence-corrected chi connectivity index (χ1v) is 10.2. The van der Waals surface area contributed by atoms with Crippen molar-refractivity contribution in [3.63, 3.8) is 0 Å². The standard InChI is InChI=1S/C22H28N4O2/c1-23-22(25-12-10-15-6-3-2-4-7-15)24-11-5-13-26-20(27)18-16-8-9-17(14-16)19(18)21(26)28/h2-4,6-9,16-19H,5,10-14H2,1H3,(H2,23,24,25). The van der Waals surface area contributed by atoms with Crippen LogP contribution in [-0.2, 0) is 16.0 Å². The van der Waals surface area contributed by atoms with E-state index in [2.05, 4.69) is 39.9 Å². The second-order valence-corrected chi connectivity index (χ2v) is 7.84. The smallest absolute Gasteiger partial charge is 0.233 e. The van der Waals surface area contributed by atoms with E-state index in [1.165, 1.54) is 10.5 Å². The van der Waals surface area contributed by atoms with Crippen molar-refractivity contribution in [2.75, 3.05) is 26.7 Å². The molecule has 1 aromatic rings. The average molecular weight is 380 g/mol. The molecule has 0 spiro atoms. The number of aliphatic imine (C=N–C) groups is 1. The molecule has 4 atom stereocenters. The fraction of sp³-hybridized carbons (Fsp3) is 0.500. The van der Waals surface area contributed by atoms with Gasteiger partial charge in [-0.2, -0.15) is 0 Å². The third-order valence-corrected chi connectivity index (χ3v) is 6.19. The Morgan fingerprint density at radius 1 is 1.04 bits per heavy atom. The number of benzene rings is 1. The summed E-state index contributed by atoms with van der Waals surface area (Å²) in [6.45, 7) is 1.95. The van der Waals surface area contributed by atoms with Crippen molar-refractivity contribution in [2.24, 2.45) is 28.7 Å². The number of fused-ring (bicyclic) bond motifs is 5. The number of carbonyl (C=O) groups is 2. The number of guanidine groups is 1. The summed E-state index contributed by atoms with van der Waals surface area (Å²) in [5, 5.41) is 6.57. The van der Waals surface area contributed by atoms with Crippen LogP contribution in [0.5, 0.6) is 0 Å². The number of rotatable bonds is 7. The van der Waals surface area contributed by atoms with E-state index in [0.29, 0.717) is 13.1 Å². The van der Waals surface area contributed by atoms with Gasteiger partial charge in [0.05, 0.1) is 11.8 Å². The Labute approximate surface area is 166 Å². The Kier molecular flexibility index (Phi) is 5.46. The molecular weight excluding hydrogens is 352 g/mol. The van der Waals surface area contributed by atoms with Crippen LogP contribution in [-0.4, -0.2) is 49.4 Å². The molecule has 1 aromatic carbocycles. The summed E-state index contributed by atoms with van der Waals surface area (Å²) < 4.78 is 0. The minimum Gasteiger partial charge on any atom is -0.356 e. The van der Waals surface area contributed by atoms with Gasteiger partial charge in [0.15, 0.2) is 5.96 Å². The van der Waals surface area contributed by atoms with E-state index in [1.54, 1.807) is 7.05 Å². The SMILES string of the molecule is CN=C(NCCCN1C(=O)C2C3C=CC(C3)C2C1=O)NCCc1ccccc1. The zero-order valence-corrected chi connectivity index (χ0v) is 16.3. The maximum Gasteiger partial charge on any atom is 0.233 e. The van der Waals surface area contributed by atoms with Crippen molar-refractivity contribution < 1.29 is 9.59 Å². The number of nitrogens with zero attached hydrogens (tertiary/aromatic N) is 2. The van der Waals surface area contributed by atoms with E-state index in [1.807, 2.05) is 18.2 Å². The molecule has 6 nitrogen and oxygen atoms in total. The van der Waals surface area contributed by atoms with Crippen LogP contribution in [0.3, 0.4) is 0 Å². The summed E-state index contributed by atoms with van der Waals surface area (Å²) in [5.41, 5.74) is 1.28. The van der Waals surface area contributed by atoms with Gasteiger partial charge in [0.1, 0.15) is 0 Å². The minimum absolute atomic E-state index is 0.0391. The summed E-state index contributed by atoms with van der Waals surface area (Å²) in [6, 6.07) is 10.3. The van der Waals surface area contributed by atoms with Gasteiger partial charge in [-0.05, 0) is 36.7 Å². The van der Waals surface area contributed by atoms with E-state index in [-0.39, 0.29) is 35.5 Å². The van der Waals surface area contributed by atoms with Gasteiger partial charge in [0.2, 0.25) is 11.8 Å². The summed E-state index contributed by atoms with van der Waals surface area (Å²) in [4.78, 5) is 31.1. The van der Waals surface area contributed by atoms with Gasteiger partial charge in [-0.3, -0.25) is 19.5 Å². The second-order valence-electron chi connectivity index (χ2n) is 7.84. The highest BCUT2D eigenvalue weighted by Crippen LogP contribution is 2.52. The lowest BCUT2D eigenvalue weighted by Crippen LogP contribution is -2.40. The van der Waals surface area contributed by atoms with Crippen molar-refractivity contribution in [1.29, 1.82) is 0 Å². The predicted molar refractivity (Wildman–Crippen MR) is 109 cm³/mol. The third-order valence-electron chi connectivity index (χ3n) is 6.19. The third kappa shape index (κ3) is 3.55. The van der Waals surface area contributed by atoms with Crippen LogP contribution in [0.4, 0.5) is 0 Å². The lowest BCUT2D eigenvalue weighted by atomic mass is 9.85. The van der Waals surface area contributed by atoms with Crippen LogP contribution in [0, 0.1) is 23.7 Å². The van der Waals surface area contributed by atoms with Crippen LogP contribution in [0.2, 0.25) is 0 Å². The molecule has 4 rings (SSSR count). The van der Waals surface area contributed by atoms with E-state index >= 15 is 0 Å². The van der Waals surface area contributed by atoms with E-state index in [0.717, 1.165) is 31.8 Å². The van der Waals surface area contributed by atoms with Crippen molar-refractivity contribution in [2.45, 2.75) is 19.3 Å². The molecule has 1 heterocycles. The van der Waals surface area contributed by atoms with Crippen molar-refractivity contribution in [3.8, 4) is 0 Å². The number of hydrogen-bond acceptors (Lipinski definition) is 3. The molecule has 2 aliphatic carbocycles. The van der Waals surface area contributed by atoms with Gasteiger partial charge in [-0.1, -0.05) is 42.5 Å². The topological polar surface area (TPSA) is 73.8 Å². The first kappa shape index (κ1) is 18.7. The molecule has 148 valence electrons. The molecule has 4 unspecified atom stereocenters. The van der Waals surface area contributed by atoms with Crippen LogP contribution in [0.1, 0.15) is 18.4 Å². The lowest BCUT2D eigenvalue weighted by molar-refractivity contribution is -0.140. The van der Waals surface area contributed by atoms with Crippen molar-refractivity contribution in [3.05, 3.63) is 48.0 Å². The number of carbonyl (C=O) groups excluding carboxylic acids is 2. The summed E-state index contributed by atoms with van der Waals surface area (Å²) in [5.74, 6) is 1.19. The highest BCUT2D eigenvalue weighted by molar-refractivity contribution is 6.06. The van der Waals surface area contributed by atoms with Gasteiger partial charge in [0, 0.05) is 26.7 Å². The largest absolute Gasteiger partial charge is 0.356 e. The molecular formula is C22H28N4O2. The number of hydrogen-bond donors (Lipinski definition) is 2. The van der Waals surface area contributed by atoms with E-state index in [9.17, 15) is 9.59 Å². The van der Waals surface area contributed by atoms with Gasteiger partial charge < -0.3 is 10.6 Å². The fourth-order valence-electron chi connectivity index (χ4n) is 4.82. The molecule has 1 saturated carbocycles. The average Bonchev–Trinajstić information content (AvgIpc) is 3.39. The molecule has 3 aliphatic rings. The Morgan fingerprint density at radius 2 is 1.68 bits per heavy atom. The Bertz CT molecular complexity index is 759. The number of allylic oxidation sites excluding steroid dienone is 2. The van der Waals surface area contributed by atoms with Crippen LogP contribution in [0.25, 0.3) is 0 Å². The predicted octanol–water partition coefficient (Wildman–Crippen LogP) is 1.59. The quantitative estimate of drug-likeness (QED) is 0.248. The zero-order valence-electron chi connectivity index (χ0n) is 16.3. The monoisotopic (exact) mass is 380 g/mol. The molecule has 1 saturated heterocycles. The van der Waals surface area contributed by atoms with Gasteiger partial charge in [-0.15, -0.1) is 0 Å². The fourth-order valence-corrected chi connectivity index (χ4v) is 4.82. The Hall–Kier alpha value is -2.63. The molecule has 2 amide bonds. The molecule has 2 fully saturated rings. The number of imide groups is 1.